The predicted molar refractivity (Wildman–Crippen MR) is 40.1 cm³/mol. The highest BCUT2D eigenvalue weighted by molar-refractivity contribution is 5.74. The largest absolute Gasteiger partial charge is 0.468 e. The molecule has 0 atom stereocenters. The van der Waals surface area contributed by atoms with E-state index >= 15 is 0 Å². The zero-order chi connectivity index (χ0) is 9.19. The van der Waals surface area contributed by atoms with Crippen molar-refractivity contribution in [2.24, 2.45) is 0 Å². The molecule has 0 radical (unpaired) electrons. The minimum atomic E-state index is -0.406. The van der Waals surface area contributed by atoms with Crippen LogP contribution in [0.3, 0.4) is 0 Å². The summed E-state index contributed by atoms with van der Waals surface area (Å²) in [6, 6.07) is 0. The summed E-state index contributed by atoms with van der Waals surface area (Å²) < 4.78 is 9.59. The molecule has 0 spiro atoms. The maximum atomic E-state index is 10.3. The fraction of sp³-hybridized carbons (Fsp3) is 0.571. The zero-order valence-corrected chi connectivity index (χ0v) is 7.20. The summed E-state index contributed by atoms with van der Waals surface area (Å²) in [6.07, 6.45) is 0.539. The molecule has 12 heavy (non-hydrogen) atoms. The van der Waals surface area contributed by atoms with Crippen LogP contribution in [0.2, 0.25) is 0 Å². The Hall–Kier alpha value is -1.39. The molecule has 66 valence electrons. The molecule has 1 rings (SSSR count). The van der Waals surface area contributed by atoms with Gasteiger partial charge < -0.3 is 4.74 Å². The van der Waals surface area contributed by atoms with E-state index in [-0.39, 0.29) is 11.6 Å². The van der Waals surface area contributed by atoms with E-state index in [1.54, 1.807) is 0 Å². The van der Waals surface area contributed by atoms with Gasteiger partial charge in [-0.1, -0.05) is 0 Å². The van der Waals surface area contributed by atoms with Crippen molar-refractivity contribution in [1.82, 2.24) is 10.3 Å². The van der Waals surface area contributed by atoms with Crippen molar-refractivity contribution in [1.29, 1.82) is 0 Å². The predicted octanol–water partition coefficient (Wildman–Crippen LogP) is 1.06. The fourth-order valence-electron chi connectivity index (χ4n) is 0.620. The van der Waals surface area contributed by atoms with Crippen molar-refractivity contribution in [3.8, 4) is 5.88 Å². The molecule has 5 heteroatoms. The summed E-state index contributed by atoms with van der Waals surface area (Å²) in [5.74, 6) is 0.137. The van der Waals surface area contributed by atoms with Gasteiger partial charge in [0.2, 0.25) is 5.69 Å². The Kier molecular flexibility index (Phi) is 2.12. The third-order valence-electron chi connectivity index (χ3n) is 0.997. The van der Waals surface area contributed by atoms with Gasteiger partial charge in [-0.25, -0.2) is 4.63 Å². The van der Waals surface area contributed by atoms with Crippen molar-refractivity contribution in [3.63, 3.8) is 0 Å². The standard InChI is InChI=1S/C7H10N2O3/c1-7(2,3)11-6-5(4-10)8-12-9-6/h4H,1-3H3. The fourth-order valence-corrected chi connectivity index (χ4v) is 0.620. The summed E-state index contributed by atoms with van der Waals surface area (Å²) >= 11 is 0. The second-order valence-electron chi connectivity index (χ2n) is 3.29. The van der Waals surface area contributed by atoms with Gasteiger partial charge in [0.1, 0.15) is 5.60 Å². The molecule has 1 aromatic heterocycles. The van der Waals surface area contributed by atoms with Gasteiger partial charge in [-0.3, -0.25) is 4.79 Å². The number of ether oxygens (including phenoxy) is 1. The van der Waals surface area contributed by atoms with Crippen molar-refractivity contribution in [2.45, 2.75) is 26.4 Å². The molecule has 0 aromatic carbocycles. The lowest BCUT2D eigenvalue weighted by molar-refractivity contribution is 0.107. The topological polar surface area (TPSA) is 65.2 Å². The second kappa shape index (κ2) is 2.92. The molecule has 1 aromatic rings. The van der Waals surface area contributed by atoms with Crippen LogP contribution in [0.15, 0.2) is 4.63 Å². The maximum Gasteiger partial charge on any atom is 0.287 e. The molecular formula is C7H10N2O3. The van der Waals surface area contributed by atoms with E-state index in [4.69, 9.17) is 4.74 Å². The average Bonchev–Trinajstić information content (AvgIpc) is 2.31. The zero-order valence-electron chi connectivity index (χ0n) is 7.20. The lowest BCUT2D eigenvalue weighted by Crippen LogP contribution is -2.23. The van der Waals surface area contributed by atoms with Crippen LogP contribution in [0.1, 0.15) is 31.3 Å². The highest BCUT2D eigenvalue weighted by Gasteiger charge is 2.18. The molecule has 0 amide bonds. The number of aldehydes is 1. The molecule has 0 aliphatic rings. The lowest BCUT2D eigenvalue weighted by Gasteiger charge is -2.18. The minimum absolute atomic E-state index is 0.0879. The molecule has 0 N–H and O–H groups in total. The molecule has 0 saturated carbocycles. The van der Waals surface area contributed by atoms with Gasteiger partial charge in [0.25, 0.3) is 5.88 Å². The third-order valence-corrected chi connectivity index (χ3v) is 0.997. The Morgan fingerprint density at radius 1 is 1.42 bits per heavy atom. The van der Waals surface area contributed by atoms with Crippen molar-refractivity contribution < 1.29 is 14.2 Å². The molecule has 1 heterocycles. The van der Waals surface area contributed by atoms with E-state index in [0.717, 1.165) is 0 Å². The molecule has 0 aliphatic carbocycles. The number of hydrogen-bond donors (Lipinski definition) is 0. The van der Waals surface area contributed by atoms with Gasteiger partial charge in [0.05, 0.1) is 0 Å². The van der Waals surface area contributed by atoms with Gasteiger partial charge in [-0.2, -0.15) is 0 Å². The lowest BCUT2D eigenvalue weighted by atomic mass is 10.2. The van der Waals surface area contributed by atoms with Crippen molar-refractivity contribution in [3.05, 3.63) is 5.69 Å². The highest BCUT2D eigenvalue weighted by atomic mass is 16.6. The van der Waals surface area contributed by atoms with Crippen LogP contribution in [0.25, 0.3) is 0 Å². The van der Waals surface area contributed by atoms with Crippen LogP contribution >= 0.6 is 0 Å². The van der Waals surface area contributed by atoms with Crippen molar-refractivity contribution >= 4 is 6.29 Å². The number of carbonyl (C=O) groups is 1. The number of rotatable bonds is 2. The first-order valence-corrected chi connectivity index (χ1v) is 3.49. The van der Waals surface area contributed by atoms with Crippen LogP contribution in [-0.4, -0.2) is 22.2 Å². The summed E-state index contributed by atoms with van der Waals surface area (Å²) in [7, 11) is 0. The number of aromatic nitrogens is 2. The molecule has 0 bridgehead atoms. The monoisotopic (exact) mass is 170 g/mol. The Morgan fingerprint density at radius 2 is 2.08 bits per heavy atom. The van der Waals surface area contributed by atoms with Crippen LogP contribution in [0.4, 0.5) is 0 Å². The SMILES string of the molecule is CC(C)(C)Oc1nonc1C=O. The summed E-state index contributed by atoms with van der Waals surface area (Å²) in [6.45, 7) is 5.53. The van der Waals surface area contributed by atoms with E-state index < -0.39 is 5.60 Å². The van der Waals surface area contributed by atoms with Gasteiger partial charge in [-0.05, 0) is 31.1 Å². The third kappa shape index (κ3) is 2.05. The number of carbonyl (C=O) groups excluding carboxylic acids is 1. The van der Waals surface area contributed by atoms with Gasteiger partial charge in [0, 0.05) is 0 Å². The van der Waals surface area contributed by atoms with E-state index in [1.165, 1.54) is 0 Å². The highest BCUT2D eigenvalue weighted by Crippen LogP contribution is 2.16. The van der Waals surface area contributed by atoms with E-state index in [1.807, 2.05) is 20.8 Å². The van der Waals surface area contributed by atoms with Crippen molar-refractivity contribution in [2.75, 3.05) is 0 Å². The first kappa shape index (κ1) is 8.70. The smallest absolute Gasteiger partial charge is 0.287 e. The van der Waals surface area contributed by atoms with Crippen LogP contribution in [-0.2, 0) is 0 Å². The molecule has 0 aliphatic heterocycles. The van der Waals surface area contributed by atoms with E-state index in [9.17, 15) is 4.79 Å². The quantitative estimate of drug-likeness (QED) is 0.621. The van der Waals surface area contributed by atoms with Gasteiger partial charge >= 0.3 is 0 Å². The average molecular weight is 170 g/mol. The van der Waals surface area contributed by atoms with Gasteiger partial charge in [0.15, 0.2) is 6.29 Å². The first-order valence-electron chi connectivity index (χ1n) is 3.49. The summed E-state index contributed by atoms with van der Waals surface area (Å²) in [5, 5.41) is 6.77. The second-order valence-corrected chi connectivity index (χ2v) is 3.29. The molecule has 0 fully saturated rings. The number of hydrogen-bond acceptors (Lipinski definition) is 5. The minimum Gasteiger partial charge on any atom is -0.468 e. The van der Waals surface area contributed by atoms with E-state index in [0.29, 0.717) is 6.29 Å². The molecule has 5 nitrogen and oxygen atoms in total. The Bertz CT molecular complexity index is 274. The summed E-state index contributed by atoms with van der Waals surface area (Å²) in [5.41, 5.74) is -0.319. The van der Waals surface area contributed by atoms with E-state index in [2.05, 4.69) is 14.9 Å². The van der Waals surface area contributed by atoms with Crippen LogP contribution in [0.5, 0.6) is 5.88 Å². The van der Waals surface area contributed by atoms with Crippen LogP contribution in [0, 0.1) is 0 Å². The maximum absolute atomic E-state index is 10.3. The molecular weight excluding hydrogens is 160 g/mol. The number of nitrogens with zero attached hydrogens (tertiary/aromatic N) is 2. The van der Waals surface area contributed by atoms with Gasteiger partial charge in [-0.15, -0.1) is 0 Å². The summed E-state index contributed by atoms with van der Waals surface area (Å²) in [4.78, 5) is 10.3. The molecule has 0 saturated heterocycles. The first-order chi connectivity index (χ1) is 5.53. The Balaban J connectivity index is 2.81. The Morgan fingerprint density at radius 3 is 2.58 bits per heavy atom. The normalized spacial score (nSPS) is 11.2. The van der Waals surface area contributed by atoms with Crippen LogP contribution < -0.4 is 4.74 Å². The molecule has 0 unspecified atom stereocenters. The Labute approximate surface area is 69.7 Å².